The standard InChI is InChI=1S/C21H23FN4O/c1-25-14-24-18-12-15(8-9-19(18)25)21(27)23-13-20(26-10-4-5-11-26)16-6-2-3-7-17(16)22/h2-3,6-9,12,14,20H,4-5,10-11,13H2,1H3,(H,23,27). The Morgan fingerprint density at radius 3 is 2.78 bits per heavy atom. The van der Waals surface area contributed by atoms with Crippen LogP contribution in [0.15, 0.2) is 48.8 Å². The van der Waals surface area contributed by atoms with Crippen LogP contribution in [-0.4, -0.2) is 40.0 Å². The molecule has 3 aromatic rings. The van der Waals surface area contributed by atoms with E-state index in [0.717, 1.165) is 37.0 Å². The molecule has 1 aliphatic rings. The molecule has 0 bridgehead atoms. The monoisotopic (exact) mass is 366 g/mol. The van der Waals surface area contributed by atoms with Crippen molar-refractivity contribution < 1.29 is 9.18 Å². The summed E-state index contributed by atoms with van der Waals surface area (Å²) in [4.78, 5) is 19.2. The lowest BCUT2D eigenvalue weighted by atomic mass is 10.0. The number of benzene rings is 2. The average molecular weight is 366 g/mol. The number of fused-ring (bicyclic) bond motifs is 1. The zero-order chi connectivity index (χ0) is 18.8. The smallest absolute Gasteiger partial charge is 0.251 e. The highest BCUT2D eigenvalue weighted by atomic mass is 19.1. The van der Waals surface area contributed by atoms with Crippen molar-refractivity contribution >= 4 is 16.9 Å². The minimum atomic E-state index is -0.224. The van der Waals surface area contributed by atoms with Crippen molar-refractivity contribution in [1.82, 2.24) is 19.8 Å². The molecule has 1 N–H and O–H groups in total. The molecule has 5 nitrogen and oxygen atoms in total. The number of nitrogens with one attached hydrogen (secondary N) is 1. The minimum Gasteiger partial charge on any atom is -0.350 e. The Balaban J connectivity index is 1.52. The number of likely N-dealkylation sites (tertiary alicyclic amines) is 1. The van der Waals surface area contributed by atoms with Crippen molar-refractivity contribution in [3.05, 3.63) is 65.7 Å². The van der Waals surface area contributed by atoms with Crippen molar-refractivity contribution in [1.29, 1.82) is 0 Å². The lowest BCUT2D eigenvalue weighted by molar-refractivity contribution is 0.0937. The van der Waals surface area contributed by atoms with Gasteiger partial charge in [0.1, 0.15) is 5.82 Å². The predicted molar refractivity (Wildman–Crippen MR) is 103 cm³/mol. The topological polar surface area (TPSA) is 50.2 Å². The summed E-state index contributed by atoms with van der Waals surface area (Å²) >= 11 is 0. The van der Waals surface area contributed by atoms with E-state index in [4.69, 9.17) is 0 Å². The molecule has 2 aromatic carbocycles. The fourth-order valence-electron chi connectivity index (χ4n) is 3.80. The number of carbonyl (C=O) groups excluding carboxylic acids is 1. The number of halogens is 1. The number of amides is 1. The van der Waals surface area contributed by atoms with Crippen molar-refractivity contribution in [2.24, 2.45) is 7.05 Å². The average Bonchev–Trinajstić information content (AvgIpc) is 3.33. The van der Waals surface area contributed by atoms with Crippen LogP contribution in [0.5, 0.6) is 0 Å². The SMILES string of the molecule is Cn1cnc2cc(C(=O)NCC(c3ccccc3F)N3CCCC3)ccc21. The normalized spacial score (nSPS) is 15.9. The van der Waals surface area contributed by atoms with Gasteiger partial charge in [0, 0.05) is 24.7 Å². The van der Waals surface area contributed by atoms with Crippen molar-refractivity contribution in [2.45, 2.75) is 18.9 Å². The van der Waals surface area contributed by atoms with Crippen LogP contribution >= 0.6 is 0 Å². The molecule has 1 fully saturated rings. The molecule has 0 aliphatic carbocycles. The molecule has 6 heteroatoms. The van der Waals surface area contributed by atoms with E-state index in [9.17, 15) is 9.18 Å². The quantitative estimate of drug-likeness (QED) is 0.754. The Labute approximate surface area is 157 Å². The lowest BCUT2D eigenvalue weighted by Crippen LogP contribution is -2.37. The van der Waals surface area contributed by atoms with Crippen LogP contribution in [-0.2, 0) is 7.05 Å². The van der Waals surface area contributed by atoms with E-state index in [0.29, 0.717) is 17.7 Å². The summed E-state index contributed by atoms with van der Waals surface area (Å²) in [6.45, 7) is 2.23. The third-order valence-corrected chi connectivity index (χ3v) is 5.29. The lowest BCUT2D eigenvalue weighted by Gasteiger charge is -2.28. The minimum absolute atomic E-state index is 0.156. The summed E-state index contributed by atoms with van der Waals surface area (Å²) in [6, 6.07) is 12.2. The van der Waals surface area contributed by atoms with Crippen LogP contribution in [0.3, 0.4) is 0 Å². The first-order chi connectivity index (χ1) is 13.1. The second kappa shape index (κ2) is 7.48. The van der Waals surface area contributed by atoms with Crippen LogP contribution in [0.4, 0.5) is 4.39 Å². The molecule has 1 saturated heterocycles. The van der Waals surface area contributed by atoms with Gasteiger partial charge in [0.2, 0.25) is 0 Å². The first-order valence-electron chi connectivity index (χ1n) is 9.31. The second-order valence-corrected chi connectivity index (χ2v) is 7.05. The van der Waals surface area contributed by atoms with Gasteiger partial charge in [-0.25, -0.2) is 9.37 Å². The third kappa shape index (κ3) is 3.57. The summed E-state index contributed by atoms with van der Waals surface area (Å²) in [5.41, 5.74) is 2.97. The van der Waals surface area contributed by atoms with Gasteiger partial charge < -0.3 is 9.88 Å². The number of carbonyl (C=O) groups is 1. The summed E-state index contributed by atoms with van der Waals surface area (Å²) in [5.74, 6) is -0.387. The molecular formula is C21H23FN4O. The first-order valence-corrected chi connectivity index (χ1v) is 9.31. The van der Waals surface area contributed by atoms with Gasteiger partial charge in [0.25, 0.3) is 5.91 Å². The summed E-state index contributed by atoms with van der Waals surface area (Å²) in [7, 11) is 1.92. The highest BCUT2D eigenvalue weighted by Gasteiger charge is 2.26. The van der Waals surface area contributed by atoms with Gasteiger partial charge in [-0.1, -0.05) is 18.2 Å². The predicted octanol–water partition coefficient (Wildman–Crippen LogP) is 3.28. The molecule has 2 heterocycles. The van der Waals surface area contributed by atoms with Crippen LogP contribution in [0.2, 0.25) is 0 Å². The second-order valence-electron chi connectivity index (χ2n) is 7.05. The molecule has 1 unspecified atom stereocenters. The zero-order valence-corrected chi connectivity index (χ0v) is 15.4. The van der Waals surface area contributed by atoms with Crippen LogP contribution < -0.4 is 5.32 Å². The van der Waals surface area contributed by atoms with Gasteiger partial charge in [-0.2, -0.15) is 0 Å². The zero-order valence-electron chi connectivity index (χ0n) is 15.4. The van der Waals surface area contributed by atoms with E-state index in [2.05, 4.69) is 15.2 Å². The van der Waals surface area contributed by atoms with Gasteiger partial charge in [0.05, 0.1) is 23.4 Å². The van der Waals surface area contributed by atoms with Gasteiger partial charge in [-0.3, -0.25) is 9.69 Å². The molecule has 1 atom stereocenters. The molecule has 140 valence electrons. The number of nitrogens with zero attached hydrogens (tertiary/aromatic N) is 3. The molecular weight excluding hydrogens is 343 g/mol. The Hall–Kier alpha value is -2.73. The maximum atomic E-state index is 14.4. The Kier molecular flexibility index (Phi) is 4.90. The van der Waals surface area contributed by atoms with Crippen molar-refractivity contribution in [3.63, 3.8) is 0 Å². The van der Waals surface area contributed by atoms with Crippen molar-refractivity contribution in [2.75, 3.05) is 19.6 Å². The number of imidazole rings is 1. The number of rotatable bonds is 5. The van der Waals surface area contributed by atoms with Crippen molar-refractivity contribution in [3.8, 4) is 0 Å². The summed E-state index contributed by atoms with van der Waals surface area (Å²) in [6.07, 6.45) is 3.94. The van der Waals surface area contributed by atoms with E-state index in [1.54, 1.807) is 24.5 Å². The van der Waals surface area contributed by atoms with E-state index in [-0.39, 0.29) is 17.8 Å². The van der Waals surface area contributed by atoms with E-state index in [1.807, 2.05) is 29.8 Å². The molecule has 1 amide bonds. The molecule has 1 aromatic heterocycles. The van der Waals surface area contributed by atoms with Gasteiger partial charge in [-0.05, 0) is 50.2 Å². The maximum Gasteiger partial charge on any atom is 0.251 e. The fourth-order valence-corrected chi connectivity index (χ4v) is 3.80. The first kappa shape index (κ1) is 17.7. The largest absolute Gasteiger partial charge is 0.350 e. The highest BCUT2D eigenvalue weighted by molar-refractivity contribution is 5.97. The molecule has 0 radical (unpaired) electrons. The summed E-state index contributed by atoms with van der Waals surface area (Å²) in [5, 5.41) is 2.99. The maximum absolute atomic E-state index is 14.4. The molecule has 0 saturated carbocycles. The Morgan fingerprint density at radius 2 is 2.00 bits per heavy atom. The van der Waals surface area contributed by atoms with Gasteiger partial charge >= 0.3 is 0 Å². The summed E-state index contributed by atoms with van der Waals surface area (Å²) < 4.78 is 16.3. The highest BCUT2D eigenvalue weighted by Crippen LogP contribution is 2.26. The van der Waals surface area contributed by atoms with Crippen LogP contribution in [0.1, 0.15) is 34.8 Å². The van der Waals surface area contributed by atoms with E-state index >= 15 is 0 Å². The van der Waals surface area contributed by atoms with Crippen LogP contribution in [0.25, 0.3) is 11.0 Å². The number of hydrogen-bond acceptors (Lipinski definition) is 3. The van der Waals surface area contributed by atoms with E-state index in [1.165, 1.54) is 6.07 Å². The molecule has 4 rings (SSSR count). The molecule has 0 spiro atoms. The third-order valence-electron chi connectivity index (χ3n) is 5.29. The number of aromatic nitrogens is 2. The Morgan fingerprint density at radius 1 is 1.22 bits per heavy atom. The molecule has 27 heavy (non-hydrogen) atoms. The fraction of sp³-hybridized carbons (Fsp3) is 0.333. The van der Waals surface area contributed by atoms with E-state index < -0.39 is 0 Å². The molecule has 1 aliphatic heterocycles. The van der Waals surface area contributed by atoms with Gasteiger partial charge in [0.15, 0.2) is 0 Å². The number of hydrogen-bond donors (Lipinski definition) is 1. The van der Waals surface area contributed by atoms with Gasteiger partial charge in [-0.15, -0.1) is 0 Å². The Bertz CT molecular complexity index is 962. The number of aryl methyl sites for hydroxylation is 1. The van der Waals surface area contributed by atoms with Crippen LogP contribution in [0, 0.1) is 5.82 Å².